The van der Waals surface area contributed by atoms with Crippen molar-refractivity contribution in [2.24, 2.45) is 0 Å². The van der Waals surface area contributed by atoms with E-state index in [0.29, 0.717) is 5.01 Å². The number of ketones is 1. The summed E-state index contributed by atoms with van der Waals surface area (Å²) in [5, 5.41) is 11.6. The maximum atomic E-state index is 12.2. The molecule has 0 aliphatic heterocycles. The second-order valence-electron chi connectivity index (χ2n) is 4.78. The maximum absolute atomic E-state index is 12.2. The zero-order valence-corrected chi connectivity index (χ0v) is 15.3. The molecule has 0 N–H and O–H groups in total. The smallest absolute Gasteiger partial charge is 0.340 e. The van der Waals surface area contributed by atoms with Gasteiger partial charge in [0.25, 0.3) is 0 Å². The molecule has 0 saturated carbocycles. The molecule has 1 atom stereocenters. The Morgan fingerprint density at radius 1 is 1.50 bits per heavy atom. The van der Waals surface area contributed by atoms with Crippen LogP contribution in [0.5, 0.6) is 0 Å². The van der Waals surface area contributed by atoms with E-state index in [2.05, 4.69) is 4.98 Å². The Balaban J connectivity index is 2.05. The molecule has 0 aliphatic rings. The van der Waals surface area contributed by atoms with Crippen molar-refractivity contribution in [1.29, 1.82) is 5.26 Å². The molecule has 0 saturated heterocycles. The number of halogens is 1. The highest BCUT2D eigenvalue weighted by atomic mass is 35.5. The van der Waals surface area contributed by atoms with Crippen molar-refractivity contribution in [3.63, 3.8) is 0 Å². The van der Waals surface area contributed by atoms with Crippen molar-refractivity contribution in [2.45, 2.75) is 17.7 Å². The number of Topliss-reactive ketones (excluding diaryl/α,β-unsaturated/α-hetero) is 1. The van der Waals surface area contributed by atoms with Gasteiger partial charge < -0.3 is 4.74 Å². The number of nitrogens with zero attached hydrogens (tertiary/aromatic N) is 2. The number of rotatable bonds is 6. The minimum Gasteiger partial charge on any atom is -0.454 e. The SMILES string of the molecule is CSc1ccc(Cl)c(C(=O)OCC(=O)C(C#N)c2nc(C)cs2)c1. The van der Waals surface area contributed by atoms with Gasteiger partial charge in [0.1, 0.15) is 5.01 Å². The lowest BCUT2D eigenvalue weighted by Crippen LogP contribution is -2.20. The lowest BCUT2D eigenvalue weighted by Gasteiger charge is -2.08. The summed E-state index contributed by atoms with van der Waals surface area (Å²) >= 11 is 8.68. The Morgan fingerprint density at radius 3 is 2.83 bits per heavy atom. The van der Waals surface area contributed by atoms with Crippen molar-refractivity contribution in [1.82, 2.24) is 4.98 Å². The fraction of sp³-hybridized carbons (Fsp3) is 0.250. The van der Waals surface area contributed by atoms with Crippen LogP contribution in [0.25, 0.3) is 0 Å². The lowest BCUT2D eigenvalue weighted by molar-refractivity contribution is -0.122. The molecule has 2 aromatic rings. The van der Waals surface area contributed by atoms with Crippen LogP contribution in [0, 0.1) is 18.3 Å². The Bertz CT molecular complexity index is 814. The number of esters is 1. The summed E-state index contributed by atoms with van der Waals surface area (Å²) in [4.78, 5) is 29.3. The summed E-state index contributed by atoms with van der Waals surface area (Å²) in [6.45, 7) is 1.27. The molecule has 5 nitrogen and oxygen atoms in total. The van der Waals surface area contributed by atoms with E-state index in [4.69, 9.17) is 16.3 Å². The third-order valence-electron chi connectivity index (χ3n) is 3.07. The van der Waals surface area contributed by atoms with Crippen LogP contribution >= 0.6 is 34.7 Å². The first-order valence-electron chi connectivity index (χ1n) is 6.81. The zero-order chi connectivity index (χ0) is 17.7. The van der Waals surface area contributed by atoms with Gasteiger partial charge in [0.05, 0.1) is 16.7 Å². The normalized spacial score (nSPS) is 11.6. The highest BCUT2D eigenvalue weighted by molar-refractivity contribution is 7.98. The molecule has 1 aromatic heterocycles. The molecule has 0 aliphatic carbocycles. The monoisotopic (exact) mass is 380 g/mol. The lowest BCUT2D eigenvalue weighted by atomic mass is 10.1. The standard InChI is InChI=1S/C16H13ClN2O3S2/c1-9-8-24-15(19-9)12(6-18)14(20)7-22-16(21)11-5-10(23-2)3-4-13(11)17/h3-5,8,12H,7H2,1-2H3. The minimum absolute atomic E-state index is 0.190. The van der Waals surface area contributed by atoms with Crippen molar-refractivity contribution in [3.8, 4) is 6.07 Å². The molecule has 0 spiro atoms. The van der Waals surface area contributed by atoms with Crippen molar-refractivity contribution >= 4 is 46.5 Å². The first-order valence-corrected chi connectivity index (χ1v) is 9.29. The average Bonchev–Trinajstić information content (AvgIpc) is 3.00. The molecular weight excluding hydrogens is 368 g/mol. The minimum atomic E-state index is -1.04. The molecule has 1 unspecified atom stereocenters. The first-order chi connectivity index (χ1) is 11.5. The molecule has 8 heteroatoms. The third kappa shape index (κ3) is 4.35. The van der Waals surface area contributed by atoms with Crippen LogP contribution in [0.15, 0.2) is 28.5 Å². The largest absolute Gasteiger partial charge is 0.454 e. The highest BCUT2D eigenvalue weighted by Gasteiger charge is 2.25. The number of aromatic nitrogens is 1. The van der Waals surface area contributed by atoms with Crippen LogP contribution in [0.1, 0.15) is 27.0 Å². The van der Waals surface area contributed by atoms with Crippen molar-refractivity contribution in [2.75, 3.05) is 12.9 Å². The van der Waals surface area contributed by atoms with E-state index in [1.54, 1.807) is 30.5 Å². The summed E-state index contributed by atoms with van der Waals surface area (Å²) in [6, 6.07) is 6.89. The summed E-state index contributed by atoms with van der Waals surface area (Å²) in [5.41, 5.74) is 0.927. The molecule has 0 bridgehead atoms. The molecule has 1 aromatic carbocycles. The number of carbonyl (C=O) groups is 2. The van der Waals surface area contributed by atoms with E-state index in [9.17, 15) is 14.9 Å². The van der Waals surface area contributed by atoms with Gasteiger partial charge >= 0.3 is 5.97 Å². The van der Waals surface area contributed by atoms with Crippen LogP contribution in [-0.2, 0) is 9.53 Å². The molecule has 24 heavy (non-hydrogen) atoms. The van der Waals surface area contributed by atoms with Gasteiger partial charge in [-0.05, 0) is 31.4 Å². The number of benzene rings is 1. The Kier molecular flexibility index (Phi) is 6.37. The van der Waals surface area contributed by atoms with Gasteiger partial charge in [-0.15, -0.1) is 23.1 Å². The van der Waals surface area contributed by atoms with Crippen LogP contribution in [-0.4, -0.2) is 29.6 Å². The van der Waals surface area contributed by atoms with Gasteiger partial charge in [-0.1, -0.05) is 11.6 Å². The molecule has 2 rings (SSSR count). The average molecular weight is 381 g/mol. The van der Waals surface area contributed by atoms with Gasteiger partial charge in [0.15, 0.2) is 18.3 Å². The van der Waals surface area contributed by atoms with E-state index in [1.165, 1.54) is 23.1 Å². The quantitative estimate of drug-likeness (QED) is 0.559. The number of ether oxygens (including phenoxy) is 1. The van der Waals surface area contributed by atoms with Crippen molar-refractivity contribution < 1.29 is 14.3 Å². The maximum Gasteiger partial charge on any atom is 0.340 e. The second kappa shape index (κ2) is 8.29. The number of hydrogen-bond donors (Lipinski definition) is 0. The van der Waals surface area contributed by atoms with Gasteiger partial charge in [-0.25, -0.2) is 9.78 Å². The van der Waals surface area contributed by atoms with E-state index < -0.39 is 24.3 Å². The number of aryl methyl sites for hydroxylation is 1. The number of hydrogen-bond acceptors (Lipinski definition) is 7. The highest BCUT2D eigenvalue weighted by Crippen LogP contribution is 2.24. The summed E-state index contributed by atoms with van der Waals surface area (Å²) in [6.07, 6.45) is 1.87. The Morgan fingerprint density at radius 2 is 2.25 bits per heavy atom. The number of thiazole rings is 1. The third-order valence-corrected chi connectivity index (χ3v) is 5.16. The molecule has 0 amide bonds. The van der Waals surface area contributed by atoms with Crippen molar-refractivity contribution in [3.05, 3.63) is 44.9 Å². The van der Waals surface area contributed by atoms with Crippen LogP contribution < -0.4 is 0 Å². The Labute approximate surface area is 152 Å². The van der Waals surface area contributed by atoms with E-state index in [-0.39, 0.29) is 10.6 Å². The predicted molar refractivity (Wildman–Crippen MR) is 93.7 cm³/mol. The number of nitriles is 1. The molecule has 1 heterocycles. The van der Waals surface area contributed by atoms with Gasteiger partial charge in [0, 0.05) is 16.0 Å². The fourth-order valence-corrected chi connectivity index (χ4v) is 3.35. The second-order valence-corrected chi connectivity index (χ2v) is 6.95. The van der Waals surface area contributed by atoms with Crippen LogP contribution in [0.2, 0.25) is 5.02 Å². The van der Waals surface area contributed by atoms with Gasteiger partial charge in [-0.2, -0.15) is 5.26 Å². The summed E-state index contributed by atoms with van der Waals surface area (Å²) in [5.74, 6) is -2.25. The number of thioether (sulfide) groups is 1. The fourth-order valence-electron chi connectivity index (χ4n) is 1.86. The van der Waals surface area contributed by atoms with E-state index in [1.807, 2.05) is 12.3 Å². The predicted octanol–water partition coefficient (Wildman–Crippen LogP) is 3.86. The van der Waals surface area contributed by atoms with E-state index >= 15 is 0 Å². The summed E-state index contributed by atoms with van der Waals surface area (Å²) < 4.78 is 5.02. The zero-order valence-electron chi connectivity index (χ0n) is 12.9. The van der Waals surface area contributed by atoms with Crippen LogP contribution in [0.3, 0.4) is 0 Å². The molecule has 0 radical (unpaired) electrons. The first kappa shape index (κ1) is 18.5. The van der Waals surface area contributed by atoms with E-state index in [0.717, 1.165) is 10.6 Å². The molecular formula is C16H13ClN2O3S2. The van der Waals surface area contributed by atoms with Gasteiger partial charge in [-0.3, -0.25) is 4.79 Å². The van der Waals surface area contributed by atoms with Gasteiger partial charge in [0.2, 0.25) is 0 Å². The topological polar surface area (TPSA) is 80.0 Å². The molecule has 0 fully saturated rings. The molecule has 124 valence electrons. The Hall–Kier alpha value is -1.88. The summed E-state index contributed by atoms with van der Waals surface area (Å²) in [7, 11) is 0. The van der Waals surface area contributed by atoms with Crippen LogP contribution in [0.4, 0.5) is 0 Å². The number of carbonyl (C=O) groups excluding carboxylic acids is 2.